The fourth-order valence-corrected chi connectivity index (χ4v) is 2.41. The van der Waals surface area contributed by atoms with E-state index in [0.29, 0.717) is 24.6 Å². The lowest BCUT2D eigenvalue weighted by Gasteiger charge is -2.09. The fourth-order valence-electron chi connectivity index (χ4n) is 2.41. The lowest BCUT2D eigenvalue weighted by molar-refractivity contribution is 0.0950. The van der Waals surface area contributed by atoms with Crippen LogP contribution in [0.15, 0.2) is 49.1 Å². The summed E-state index contributed by atoms with van der Waals surface area (Å²) in [6.45, 7) is 2.79. The zero-order chi connectivity index (χ0) is 17.6. The summed E-state index contributed by atoms with van der Waals surface area (Å²) in [6, 6.07) is 7.16. The van der Waals surface area contributed by atoms with E-state index < -0.39 is 0 Å². The van der Waals surface area contributed by atoms with Gasteiger partial charge in [0.15, 0.2) is 0 Å². The summed E-state index contributed by atoms with van der Waals surface area (Å²) in [5.74, 6) is 0.307. The number of hydrogen-bond acceptors (Lipinski definition) is 5. The third kappa shape index (κ3) is 4.00. The van der Waals surface area contributed by atoms with Gasteiger partial charge in [-0.3, -0.25) is 14.5 Å². The van der Waals surface area contributed by atoms with Gasteiger partial charge >= 0.3 is 0 Å². The van der Waals surface area contributed by atoms with Crippen molar-refractivity contribution in [2.45, 2.75) is 13.5 Å². The summed E-state index contributed by atoms with van der Waals surface area (Å²) < 4.78 is 7.00. The summed E-state index contributed by atoms with van der Waals surface area (Å²) in [6.07, 6.45) is 6.88. The van der Waals surface area contributed by atoms with Crippen LogP contribution in [0.3, 0.4) is 0 Å². The van der Waals surface area contributed by atoms with Crippen molar-refractivity contribution in [2.24, 2.45) is 7.05 Å². The predicted molar refractivity (Wildman–Crippen MR) is 93.0 cm³/mol. The lowest BCUT2D eigenvalue weighted by atomic mass is 10.1. The van der Waals surface area contributed by atoms with E-state index in [9.17, 15) is 4.79 Å². The van der Waals surface area contributed by atoms with Crippen LogP contribution < -0.4 is 10.1 Å². The topological polar surface area (TPSA) is 81.9 Å². The van der Waals surface area contributed by atoms with Crippen LogP contribution in [-0.4, -0.2) is 32.3 Å². The minimum absolute atomic E-state index is 0.198. The first-order chi connectivity index (χ1) is 12.2. The molecule has 0 aliphatic rings. The van der Waals surface area contributed by atoms with Gasteiger partial charge in [-0.05, 0) is 24.6 Å². The van der Waals surface area contributed by atoms with Crippen LogP contribution in [0.25, 0.3) is 11.3 Å². The summed E-state index contributed by atoms with van der Waals surface area (Å²) in [5.41, 5.74) is 3.12. The van der Waals surface area contributed by atoms with Crippen LogP contribution in [0.4, 0.5) is 0 Å². The zero-order valence-corrected chi connectivity index (χ0v) is 14.1. The third-order valence-electron chi connectivity index (χ3n) is 3.60. The molecular weight excluding hydrogens is 318 g/mol. The molecule has 3 aromatic rings. The zero-order valence-electron chi connectivity index (χ0n) is 14.1. The van der Waals surface area contributed by atoms with E-state index in [0.717, 1.165) is 16.8 Å². The number of carbonyl (C=O) groups is 1. The van der Waals surface area contributed by atoms with Crippen LogP contribution in [0.2, 0.25) is 0 Å². The predicted octanol–water partition coefficient (Wildman–Crippen LogP) is 2.21. The Morgan fingerprint density at radius 1 is 1.24 bits per heavy atom. The highest BCUT2D eigenvalue weighted by Gasteiger charge is 2.11. The van der Waals surface area contributed by atoms with Crippen LogP contribution in [0.1, 0.15) is 22.8 Å². The van der Waals surface area contributed by atoms with Crippen molar-refractivity contribution in [3.63, 3.8) is 0 Å². The number of aryl methyl sites for hydroxylation is 1. The SMILES string of the molecule is CCOc1ccc(C(=O)NCc2cccnc2-c2cnn(C)c2)cn1. The highest BCUT2D eigenvalue weighted by Crippen LogP contribution is 2.20. The molecule has 1 N–H and O–H groups in total. The average molecular weight is 337 g/mol. The van der Waals surface area contributed by atoms with Gasteiger partial charge in [0.2, 0.25) is 5.88 Å². The molecule has 0 spiro atoms. The van der Waals surface area contributed by atoms with E-state index in [1.165, 1.54) is 6.20 Å². The molecule has 0 unspecified atom stereocenters. The van der Waals surface area contributed by atoms with E-state index in [1.54, 1.807) is 29.2 Å². The van der Waals surface area contributed by atoms with Crippen molar-refractivity contribution in [2.75, 3.05) is 6.61 Å². The van der Waals surface area contributed by atoms with E-state index in [-0.39, 0.29) is 5.91 Å². The Hall–Kier alpha value is -3.22. The molecule has 3 rings (SSSR count). The standard InChI is InChI=1S/C18H19N5O2/c1-3-25-16-7-6-14(10-20-16)18(24)21-9-13-5-4-8-19-17(13)15-11-22-23(2)12-15/h4-8,10-12H,3,9H2,1-2H3,(H,21,24). The first kappa shape index (κ1) is 16.6. The largest absolute Gasteiger partial charge is 0.478 e. The minimum Gasteiger partial charge on any atom is -0.478 e. The first-order valence-corrected chi connectivity index (χ1v) is 7.97. The number of ether oxygens (including phenoxy) is 1. The number of aromatic nitrogens is 4. The first-order valence-electron chi connectivity index (χ1n) is 7.97. The molecule has 3 heterocycles. The van der Waals surface area contributed by atoms with Crippen molar-refractivity contribution in [1.29, 1.82) is 0 Å². The molecule has 7 nitrogen and oxygen atoms in total. The van der Waals surface area contributed by atoms with Crippen molar-refractivity contribution in [3.05, 3.63) is 60.2 Å². The number of amides is 1. The second kappa shape index (κ2) is 7.57. The van der Waals surface area contributed by atoms with E-state index in [4.69, 9.17) is 4.74 Å². The van der Waals surface area contributed by atoms with Crippen LogP contribution in [0, 0.1) is 0 Å². The van der Waals surface area contributed by atoms with Crippen LogP contribution >= 0.6 is 0 Å². The van der Waals surface area contributed by atoms with Gasteiger partial charge in [0.05, 0.1) is 24.1 Å². The summed E-state index contributed by atoms with van der Waals surface area (Å²) in [4.78, 5) is 20.8. The fraction of sp³-hybridized carbons (Fsp3) is 0.222. The summed E-state index contributed by atoms with van der Waals surface area (Å²) in [7, 11) is 1.85. The Balaban J connectivity index is 1.70. The molecule has 25 heavy (non-hydrogen) atoms. The minimum atomic E-state index is -0.198. The van der Waals surface area contributed by atoms with Crippen molar-refractivity contribution in [3.8, 4) is 17.1 Å². The number of rotatable bonds is 6. The quantitative estimate of drug-likeness (QED) is 0.746. The van der Waals surface area contributed by atoms with Gasteiger partial charge in [0.25, 0.3) is 5.91 Å². The van der Waals surface area contributed by atoms with Gasteiger partial charge in [0.1, 0.15) is 0 Å². The van der Waals surface area contributed by atoms with Gasteiger partial charge in [-0.25, -0.2) is 4.98 Å². The Labute approximate surface area is 145 Å². The molecule has 0 fully saturated rings. The lowest BCUT2D eigenvalue weighted by Crippen LogP contribution is -2.23. The normalized spacial score (nSPS) is 10.5. The van der Waals surface area contributed by atoms with Gasteiger partial charge in [-0.1, -0.05) is 6.07 Å². The highest BCUT2D eigenvalue weighted by molar-refractivity contribution is 5.93. The number of hydrogen-bond donors (Lipinski definition) is 1. The molecule has 0 aliphatic heterocycles. The highest BCUT2D eigenvalue weighted by atomic mass is 16.5. The Morgan fingerprint density at radius 3 is 2.80 bits per heavy atom. The maximum atomic E-state index is 12.3. The second-order valence-electron chi connectivity index (χ2n) is 5.41. The molecule has 0 aliphatic carbocycles. The van der Waals surface area contributed by atoms with Gasteiger partial charge in [-0.15, -0.1) is 0 Å². The molecule has 128 valence electrons. The second-order valence-corrected chi connectivity index (χ2v) is 5.41. The van der Waals surface area contributed by atoms with Gasteiger partial charge < -0.3 is 10.1 Å². The summed E-state index contributed by atoms with van der Waals surface area (Å²) in [5, 5.41) is 7.07. The Bertz CT molecular complexity index is 858. The van der Waals surface area contributed by atoms with Crippen LogP contribution in [0.5, 0.6) is 5.88 Å². The number of nitrogens with one attached hydrogen (secondary N) is 1. The Morgan fingerprint density at radius 2 is 2.12 bits per heavy atom. The number of carbonyl (C=O) groups excluding carboxylic acids is 1. The maximum absolute atomic E-state index is 12.3. The molecule has 1 amide bonds. The molecule has 0 bridgehead atoms. The smallest absolute Gasteiger partial charge is 0.253 e. The molecule has 0 aromatic carbocycles. The van der Waals surface area contributed by atoms with Crippen LogP contribution in [-0.2, 0) is 13.6 Å². The molecule has 0 saturated heterocycles. The van der Waals surface area contributed by atoms with Crippen molar-refractivity contribution < 1.29 is 9.53 Å². The Kier molecular flexibility index (Phi) is 5.03. The molecule has 0 radical (unpaired) electrons. The monoisotopic (exact) mass is 337 g/mol. The van der Waals surface area contributed by atoms with Gasteiger partial charge in [-0.2, -0.15) is 5.10 Å². The van der Waals surface area contributed by atoms with Crippen molar-refractivity contribution >= 4 is 5.91 Å². The average Bonchev–Trinajstić information content (AvgIpc) is 3.07. The van der Waals surface area contributed by atoms with Gasteiger partial charge in [0, 0.05) is 43.8 Å². The molecular formula is C18H19N5O2. The number of nitrogens with zero attached hydrogens (tertiary/aromatic N) is 4. The number of pyridine rings is 2. The molecule has 7 heteroatoms. The van der Waals surface area contributed by atoms with E-state index in [2.05, 4.69) is 20.4 Å². The van der Waals surface area contributed by atoms with Crippen molar-refractivity contribution in [1.82, 2.24) is 25.1 Å². The molecule has 0 atom stereocenters. The third-order valence-corrected chi connectivity index (χ3v) is 3.60. The van der Waals surface area contributed by atoms with E-state index >= 15 is 0 Å². The molecule has 0 saturated carbocycles. The molecule has 3 aromatic heterocycles. The summed E-state index contributed by atoms with van der Waals surface area (Å²) >= 11 is 0. The van der Waals surface area contributed by atoms with E-state index in [1.807, 2.05) is 32.3 Å². The maximum Gasteiger partial charge on any atom is 0.253 e.